The summed E-state index contributed by atoms with van der Waals surface area (Å²) < 4.78 is 4.62. The molecule has 0 saturated carbocycles. The molecule has 1 aromatic rings. The Bertz CT molecular complexity index is 364. The smallest absolute Gasteiger partial charge is 0.339 e. The molecule has 0 spiro atoms. The lowest BCUT2D eigenvalue weighted by Gasteiger charge is -2.11. The van der Waals surface area contributed by atoms with Crippen LogP contribution in [0.2, 0.25) is 5.02 Å². The molecule has 0 aliphatic carbocycles. The van der Waals surface area contributed by atoms with Crippen LogP contribution in [-0.4, -0.2) is 22.8 Å². The number of benzene rings is 1. The third kappa shape index (κ3) is 2.84. The number of phenols is 1. The lowest BCUT2D eigenvalue weighted by Crippen LogP contribution is -2.15. The van der Waals surface area contributed by atoms with Crippen LogP contribution in [0.1, 0.15) is 18.6 Å². The maximum Gasteiger partial charge on any atom is 0.339 e. The van der Waals surface area contributed by atoms with E-state index < -0.39 is 12.1 Å². The van der Waals surface area contributed by atoms with Crippen molar-refractivity contribution >= 4 is 17.6 Å². The number of aliphatic hydroxyl groups is 1. The molecular formula is C10H11ClO4. The van der Waals surface area contributed by atoms with E-state index in [9.17, 15) is 15.0 Å². The lowest BCUT2D eigenvalue weighted by atomic mass is 10.1. The highest BCUT2D eigenvalue weighted by Crippen LogP contribution is 2.27. The van der Waals surface area contributed by atoms with Gasteiger partial charge in [-0.1, -0.05) is 11.6 Å². The summed E-state index contributed by atoms with van der Waals surface area (Å²) in [4.78, 5) is 11.2. The predicted molar refractivity (Wildman–Crippen MR) is 54.7 cm³/mol. The summed E-state index contributed by atoms with van der Waals surface area (Å²) >= 11 is 5.76. The molecule has 1 rings (SSSR count). The summed E-state index contributed by atoms with van der Waals surface area (Å²) in [5, 5.41) is 18.9. The van der Waals surface area contributed by atoms with Gasteiger partial charge in [0, 0.05) is 10.6 Å². The SMILES string of the molecule is CCOC(=O)C(O)c1cc(O)ccc1Cl. The third-order valence-corrected chi connectivity index (χ3v) is 2.13. The van der Waals surface area contributed by atoms with Crippen molar-refractivity contribution in [1.29, 1.82) is 0 Å². The van der Waals surface area contributed by atoms with E-state index in [1.165, 1.54) is 18.2 Å². The molecule has 0 aliphatic heterocycles. The van der Waals surface area contributed by atoms with Crippen molar-refractivity contribution in [2.45, 2.75) is 13.0 Å². The zero-order valence-electron chi connectivity index (χ0n) is 8.11. The normalized spacial score (nSPS) is 12.2. The first-order chi connectivity index (χ1) is 7.06. The predicted octanol–water partition coefficient (Wildman–Crippen LogP) is 1.64. The number of rotatable bonds is 3. The Morgan fingerprint density at radius 3 is 2.87 bits per heavy atom. The molecule has 0 heterocycles. The fourth-order valence-electron chi connectivity index (χ4n) is 1.09. The number of esters is 1. The minimum Gasteiger partial charge on any atom is -0.508 e. The summed E-state index contributed by atoms with van der Waals surface area (Å²) in [7, 11) is 0. The molecule has 1 aromatic carbocycles. The van der Waals surface area contributed by atoms with Crippen molar-refractivity contribution < 1.29 is 19.7 Å². The number of ether oxygens (including phenoxy) is 1. The van der Waals surface area contributed by atoms with Crippen LogP contribution in [0.15, 0.2) is 18.2 Å². The Morgan fingerprint density at radius 2 is 2.27 bits per heavy atom. The molecular weight excluding hydrogens is 220 g/mol. The van der Waals surface area contributed by atoms with Crippen LogP contribution < -0.4 is 0 Å². The fraction of sp³-hybridized carbons (Fsp3) is 0.300. The number of hydrogen-bond acceptors (Lipinski definition) is 4. The van der Waals surface area contributed by atoms with Gasteiger partial charge in [0.15, 0.2) is 6.10 Å². The first-order valence-electron chi connectivity index (χ1n) is 4.39. The summed E-state index contributed by atoms with van der Waals surface area (Å²) in [5.41, 5.74) is 0.134. The molecule has 1 atom stereocenters. The van der Waals surface area contributed by atoms with E-state index in [0.717, 1.165) is 0 Å². The molecule has 5 heteroatoms. The highest BCUT2D eigenvalue weighted by molar-refractivity contribution is 6.31. The summed E-state index contributed by atoms with van der Waals surface area (Å²) in [5.74, 6) is -0.859. The van der Waals surface area contributed by atoms with Crippen molar-refractivity contribution in [3.05, 3.63) is 28.8 Å². The molecule has 0 aliphatic rings. The average molecular weight is 231 g/mol. The van der Waals surface area contributed by atoms with Gasteiger partial charge < -0.3 is 14.9 Å². The Hall–Kier alpha value is -1.26. The third-order valence-electron chi connectivity index (χ3n) is 1.78. The molecule has 2 N–H and O–H groups in total. The maximum atomic E-state index is 11.2. The van der Waals surface area contributed by atoms with Crippen LogP contribution in [0.4, 0.5) is 0 Å². The molecule has 0 aromatic heterocycles. The number of carbonyl (C=O) groups is 1. The standard InChI is InChI=1S/C10H11ClO4/c1-2-15-10(14)9(13)7-5-6(12)3-4-8(7)11/h3-5,9,12-13H,2H2,1H3. The molecule has 1 unspecified atom stereocenters. The lowest BCUT2D eigenvalue weighted by molar-refractivity contribution is -0.153. The minimum atomic E-state index is -1.47. The Morgan fingerprint density at radius 1 is 1.60 bits per heavy atom. The van der Waals surface area contributed by atoms with Gasteiger partial charge in [-0.15, -0.1) is 0 Å². The highest BCUT2D eigenvalue weighted by atomic mass is 35.5. The molecule has 0 radical (unpaired) electrons. The molecule has 4 nitrogen and oxygen atoms in total. The fourth-order valence-corrected chi connectivity index (χ4v) is 1.31. The quantitative estimate of drug-likeness (QED) is 0.775. The number of carbonyl (C=O) groups excluding carboxylic acids is 1. The largest absolute Gasteiger partial charge is 0.508 e. The Balaban J connectivity index is 2.94. The summed E-state index contributed by atoms with van der Waals surface area (Å²) in [6.07, 6.45) is -1.47. The van der Waals surface area contributed by atoms with Crippen LogP contribution in [-0.2, 0) is 9.53 Å². The Kier molecular flexibility index (Phi) is 3.94. The number of hydrogen-bond donors (Lipinski definition) is 2. The van der Waals surface area contributed by atoms with Crippen molar-refractivity contribution in [2.75, 3.05) is 6.61 Å². The van der Waals surface area contributed by atoms with Crippen molar-refractivity contribution in [2.24, 2.45) is 0 Å². The topological polar surface area (TPSA) is 66.8 Å². The molecule has 0 saturated heterocycles. The van der Waals surface area contributed by atoms with Gasteiger partial charge in [-0.3, -0.25) is 0 Å². The molecule has 0 bridgehead atoms. The molecule has 0 amide bonds. The van der Waals surface area contributed by atoms with E-state index >= 15 is 0 Å². The van der Waals surface area contributed by atoms with Gasteiger partial charge >= 0.3 is 5.97 Å². The second-order valence-corrected chi connectivity index (χ2v) is 3.27. The molecule has 0 fully saturated rings. The minimum absolute atomic E-state index is 0.0715. The van der Waals surface area contributed by atoms with Crippen LogP contribution in [0.25, 0.3) is 0 Å². The van der Waals surface area contributed by atoms with Crippen LogP contribution in [0.5, 0.6) is 5.75 Å². The number of aromatic hydroxyl groups is 1. The van der Waals surface area contributed by atoms with E-state index in [0.29, 0.717) is 0 Å². The zero-order chi connectivity index (χ0) is 11.4. The first-order valence-corrected chi connectivity index (χ1v) is 4.77. The highest BCUT2D eigenvalue weighted by Gasteiger charge is 2.21. The van der Waals surface area contributed by atoms with E-state index in [1.807, 2.05) is 0 Å². The average Bonchev–Trinajstić information content (AvgIpc) is 2.21. The van der Waals surface area contributed by atoms with Gasteiger partial charge in [-0.05, 0) is 25.1 Å². The van der Waals surface area contributed by atoms with Crippen molar-refractivity contribution in [3.63, 3.8) is 0 Å². The van der Waals surface area contributed by atoms with E-state index in [2.05, 4.69) is 4.74 Å². The van der Waals surface area contributed by atoms with Gasteiger partial charge in [-0.25, -0.2) is 4.79 Å². The van der Waals surface area contributed by atoms with Gasteiger partial charge in [0.1, 0.15) is 5.75 Å². The Labute approximate surface area is 92.1 Å². The summed E-state index contributed by atoms with van der Waals surface area (Å²) in [6, 6.07) is 3.99. The zero-order valence-corrected chi connectivity index (χ0v) is 8.86. The van der Waals surface area contributed by atoms with Crippen molar-refractivity contribution in [1.82, 2.24) is 0 Å². The van der Waals surface area contributed by atoms with E-state index in [1.54, 1.807) is 6.92 Å². The summed E-state index contributed by atoms with van der Waals surface area (Å²) in [6.45, 7) is 1.81. The molecule has 15 heavy (non-hydrogen) atoms. The van der Waals surface area contributed by atoms with E-state index in [-0.39, 0.29) is 22.9 Å². The van der Waals surface area contributed by atoms with Crippen molar-refractivity contribution in [3.8, 4) is 5.75 Å². The van der Waals surface area contributed by atoms with Crippen LogP contribution >= 0.6 is 11.6 Å². The van der Waals surface area contributed by atoms with Gasteiger partial charge in [0.2, 0.25) is 0 Å². The second-order valence-electron chi connectivity index (χ2n) is 2.86. The first kappa shape index (κ1) is 11.8. The number of halogens is 1. The van der Waals surface area contributed by atoms with E-state index in [4.69, 9.17) is 11.6 Å². The van der Waals surface area contributed by atoms with Gasteiger partial charge in [-0.2, -0.15) is 0 Å². The maximum absolute atomic E-state index is 11.2. The van der Waals surface area contributed by atoms with Crippen LogP contribution in [0.3, 0.4) is 0 Å². The molecule has 82 valence electrons. The van der Waals surface area contributed by atoms with Gasteiger partial charge in [0.05, 0.1) is 6.61 Å². The monoisotopic (exact) mass is 230 g/mol. The van der Waals surface area contributed by atoms with Gasteiger partial charge in [0.25, 0.3) is 0 Å². The second kappa shape index (κ2) is 5.00. The van der Waals surface area contributed by atoms with Crippen LogP contribution in [0, 0.1) is 0 Å². The number of aliphatic hydroxyl groups excluding tert-OH is 1. The number of phenolic OH excluding ortho intramolecular Hbond substituents is 1.